The van der Waals surface area contributed by atoms with E-state index in [2.05, 4.69) is 0 Å². The van der Waals surface area contributed by atoms with Crippen molar-refractivity contribution < 1.29 is 28.5 Å². The smallest absolute Gasteiger partial charge is 0.325 e. The summed E-state index contributed by atoms with van der Waals surface area (Å²) in [6.07, 6.45) is 0. The average Bonchev–Trinajstić information content (AvgIpc) is 2.59. The van der Waals surface area contributed by atoms with Gasteiger partial charge in [-0.15, -0.1) is 0 Å². The molecule has 2 aliphatic rings. The first-order chi connectivity index (χ1) is 10.7. The van der Waals surface area contributed by atoms with Gasteiger partial charge in [0.1, 0.15) is 12.1 Å². The van der Waals surface area contributed by atoms with Crippen molar-refractivity contribution in [2.75, 3.05) is 66.8 Å². The lowest BCUT2D eigenvalue weighted by Gasteiger charge is -2.41. The Balaban J connectivity index is 2.24. The summed E-state index contributed by atoms with van der Waals surface area (Å²) in [5.74, 6) is -0.854. The maximum absolute atomic E-state index is 12.3. The number of morpholine rings is 2. The molecule has 0 aromatic carbocycles. The van der Waals surface area contributed by atoms with Gasteiger partial charge in [-0.2, -0.15) is 0 Å². The predicted octanol–water partition coefficient (Wildman–Crippen LogP) is -1.27. The number of carbonyl (C=O) groups is 2. The Kier molecular flexibility index (Phi) is 6.56. The second-order valence-electron chi connectivity index (χ2n) is 5.23. The summed E-state index contributed by atoms with van der Waals surface area (Å²) in [7, 11) is 2.67. The molecular weight excluding hydrogens is 292 g/mol. The number of hydrogen-bond donors (Lipinski definition) is 0. The highest BCUT2D eigenvalue weighted by molar-refractivity contribution is 5.87. The number of esters is 2. The number of rotatable bonds is 5. The fourth-order valence-electron chi connectivity index (χ4n) is 2.91. The lowest BCUT2D eigenvalue weighted by molar-refractivity contribution is -0.165. The maximum atomic E-state index is 12.3. The number of hydrogen-bond acceptors (Lipinski definition) is 8. The summed E-state index contributed by atoms with van der Waals surface area (Å²) >= 11 is 0. The molecule has 0 unspecified atom stereocenters. The van der Waals surface area contributed by atoms with E-state index < -0.39 is 24.0 Å². The lowest BCUT2D eigenvalue weighted by atomic mass is 10.0. The van der Waals surface area contributed by atoms with Gasteiger partial charge in [0, 0.05) is 26.2 Å². The maximum Gasteiger partial charge on any atom is 0.325 e. The number of nitrogens with zero attached hydrogens (tertiary/aromatic N) is 2. The van der Waals surface area contributed by atoms with Crippen molar-refractivity contribution in [3.8, 4) is 0 Å². The molecule has 2 rings (SSSR count). The Labute approximate surface area is 130 Å². The van der Waals surface area contributed by atoms with E-state index in [0.717, 1.165) is 0 Å². The van der Waals surface area contributed by atoms with Crippen LogP contribution in [0.3, 0.4) is 0 Å². The van der Waals surface area contributed by atoms with Gasteiger partial charge in [-0.1, -0.05) is 0 Å². The molecule has 0 aromatic rings. The highest BCUT2D eigenvalue weighted by atomic mass is 16.5. The second kappa shape index (κ2) is 8.42. The van der Waals surface area contributed by atoms with Crippen molar-refractivity contribution in [1.29, 1.82) is 0 Å². The van der Waals surface area contributed by atoms with Crippen molar-refractivity contribution in [3.63, 3.8) is 0 Å². The minimum absolute atomic E-state index is 0.427. The monoisotopic (exact) mass is 316 g/mol. The molecule has 0 bridgehead atoms. The van der Waals surface area contributed by atoms with Gasteiger partial charge < -0.3 is 18.9 Å². The van der Waals surface area contributed by atoms with E-state index in [1.165, 1.54) is 14.2 Å². The molecule has 126 valence electrons. The van der Waals surface area contributed by atoms with Crippen LogP contribution in [0.2, 0.25) is 0 Å². The van der Waals surface area contributed by atoms with Crippen LogP contribution < -0.4 is 0 Å². The third-order valence-corrected chi connectivity index (χ3v) is 4.06. The fraction of sp³-hybridized carbons (Fsp3) is 0.857. The Bertz CT molecular complexity index is 344. The molecule has 0 amide bonds. The quantitative estimate of drug-likeness (QED) is 0.581. The molecule has 0 saturated carbocycles. The van der Waals surface area contributed by atoms with Crippen LogP contribution in [0, 0.1) is 0 Å². The van der Waals surface area contributed by atoms with Crippen molar-refractivity contribution in [3.05, 3.63) is 0 Å². The third kappa shape index (κ3) is 3.95. The van der Waals surface area contributed by atoms with Gasteiger partial charge in [-0.25, -0.2) is 0 Å². The minimum Gasteiger partial charge on any atom is -0.468 e. The molecule has 2 atom stereocenters. The van der Waals surface area contributed by atoms with E-state index in [1.807, 2.05) is 9.80 Å². The van der Waals surface area contributed by atoms with Gasteiger partial charge in [0.15, 0.2) is 0 Å². The van der Waals surface area contributed by atoms with Crippen LogP contribution in [0.25, 0.3) is 0 Å². The minimum atomic E-state index is -0.695. The average molecular weight is 316 g/mol. The molecule has 2 saturated heterocycles. The second-order valence-corrected chi connectivity index (χ2v) is 5.23. The van der Waals surface area contributed by atoms with Gasteiger partial charge >= 0.3 is 11.9 Å². The summed E-state index contributed by atoms with van der Waals surface area (Å²) in [6, 6.07) is -1.39. The number of ether oxygens (including phenoxy) is 4. The van der Waals surface area contributed by atoms with Crippen LogP contribution in [-0.2, 0) is 28.5 Å². The topological polar surface area (TPSA) is 77.5 Å². The molecule has 2 heterocycles. The SMILES string of the molecule is COC(=O)[C@H]([C@@H](C(=O)OC)N1CCOCC1)N1CCOCC1. The zero-order chi connectivity index (χ0) is 15.9. The van der Waals surface area contributed by atoms with Crippen LogP contribution in [0.4, 0.5) is 0 Å². The first kappa shape index (κ1) is 17.1. The molecule has 2 aliphatic heterocycles. The molecule has 8 nitrogen and oxygen atoms in total. The third-order valence-electron chi connectivity index (χ3n) is 4.06. The van der Waals surface area contributed by atoms with Crippen LogP contribution in [-0.4, -0.2) is 101 Å². The zero-order valence-electron chi connectivity index (χ0n) is 13.2. The lowest BCUT2D eigenvalue weighted by Crippen LogP contribution is -2.63. The van der Waals surface area contributed by atoms with Gasteiger partial charge in [0.2, 0.25) is 0 Å². The molecule has 0 radical (unpaired) electrons. The van der Waals surface area contributed by atoms with Gasteiger partial charge in [0.05, 0.1) is 40.6 Å². The van der Waals surface area contributed by atoms with E-state index >= 15 is 0 Å². The van der Waals surface area contributed by atoms with Crippen LogP contribution in [0.5, 0.6) is 0 Å². The predicted molar refractivity (Wildman–Crippen MR) is 76.4 cm³/mol. The Hall–Kier alpha value is -1.22. The zero-order valence-corrected chi connectivity index (χ0v) is 13.2. The van der Waals surface area contributed by atoms with E-state index in [0.29, 0.717) is 52.6 Å². The molecule has 22 heavy (non-hydrogen) atoms. The first-order valence-corrected chi connectivity index (χ1v) is 7.48. The van der Waals surface area contributed by atoms with E-state index in [1.54, 1.807) is 0 Å². The molecule has 8 heteroatoms. The molecule has 0 aromatic heterocycles. The molecule has 0 aliphatic carbocycles. The molecular formula is C14H24N2O6. The first-order valence-electron chi connectivity index (χ1n) is 7.48. The van der Waals surface area contributed by atoms with Crippen molar-refractivity contribution in [2.45, 2.75) is 12.1 Å². The van der Waals surface area contributed by atoms with Gasteiger partial charge in [0.25, 0.3) is 0 Å². The molecule has 0 N–H and O–H groups in total. The van der Waals surface area contributed by atoms with Crippen LogP contribution >= 0.6 is 0 Å². The Morgan fingerprint density at radius 3 is 1.36 bits per heavy atom. The van der Waals surface area contributed by atoms with E-state index in [-0.39, 0.29) is 0 Å². The van der Waals surface area contributed by atoms with Crippen LogP contribution in [0.15, 0.2) is 0 Å². The van der Waals surface area contributed by atoms with Crippen molar-refractivity contribution in [1.82, 2.24) is 9.80 Å². The summed E-state index contributed by atoms with van der Waals surface area (Å²) < 4.78 is 20.6. The summed E-state index contributed by atoms with van der Waals surface area (Å²) in [6.45, 7) is 4.45. The van der Waals surface area contributed by atoms with Crippen molar-refractivity contribution >= 4 is 11.9 Å². The normalized spacial score (nSPS) is 23.5. The van der Waals surface area contributed by atoms with Gasteiger partial charge in [-0.3, -0.25) is 19.4 Å². The summed E-state index contributed by atoms with van der Waals surface area (Å²) in [5, 5.41) is 0. The Morgan fingerprint density at radius 1 is 0.773 bits per heavy atom. The van der Waals surface area contributed by atoms with E-state index in [9.17, 15) is 9.59 Å². The fourth-order valence-corrected chi connectivity index (χ4v) is 2.91. The summed E-state index contributed by atoms with van der Waals surface area (Å²) in [4.78, 5) is 28.6. The number of methoxy groups -OCH3 is 2. The highest BCUT2D eigenvalue weighted by Crippen LogP contribution is 2.18. The largest absolute Gasteiger partial charge is 0.468 e. The Morgan fingerprint density at radius 2 is 1.09 bits per heavy atom. The van der Waals surface area contributed by atoms with Crippen LogP contribution in [0.1, 0.15) is 0 Å². The van der Waals surface area contributed by atoms with E-state index in [4.69, 9.17) is 18.9 Å². The summed E-state index contributed by atoms with van der Waals surface area (Å²) in [5.41, 5.74) is 0. The van der Waals surface area contributed by atoms with Crippen molar-refractivity contribution in [2.24, 2.45) is 0 Å². The standard InChI is InChI=1S/C14H24N2O6/c1-19-13(17)11(15-3-7-21-8-4-15)12(14(18)20-2)16-5-9-22-10-6-16/h11-12H,3-10H2,1-2H3/t11-,12-/m0/s1. The number of carbonyl (C=O) groups excluding carboxylic acids is 2. The van der Waals surface area contributed by atoms with Gasteiger partial charge in [-0.05, 0) is 0 Å². The molecule has 2 fully saturated rings. The highest BCUT2D eigenvalue weighted by Gasteiger charge is 2.44. The molecule has 0 spiro atoms.